The highest BCUT2D eigenvalue weighted by molar-refractivity contribution is 7.10. The summed E-state index contributed by atoms with van der Waals surface area (Å²) in [7, 11) is 0. The Morgan fingerprint density at radius 3 is 3.00 bits per heavy atom. The molecule has 0 bridgehead atoms. The summed E-state index contributed by atoms with van der Waals surface area (Å²) in [6, 6.07) is 3.93. The molecule has 0 spiro atoms. The van der Waals surface area contributed by atoms with Crippen molar-refractivity contribution in [2.24, 2.45) is 5.10 Å². The number of nitrogens with zero attached hydrogens (tertiary/aromatic N) is 2. The number of rotatable bonds is 5. The van der Waals surface area contributed by atoms with E-state index < -0.39 is 11.2 Å². The van der Waals surface area contributed by atoms with Crippen molar-refractivity contribution in [3.8, 4) is 5.88 Å². The Balaban J connectivity index is 1.94. The molecule has 1 aliphatic heterocycles. The van der Waals surface area contributed by atoms with Crippen LogP contribution in [0.4, 0.5) is 0 Å². The number of nitrogens with one attached hydrogen (secondary N) is 2. The van der Waals surface area contributed by atoms with Crippen LogP contribution in [0.2, 0.25) is 0 Å². The molecule has 1 aliphatic rings. The molecular weight excluding hydrogens is 316 g/mol. The number of aromatic nitrogens is 2. The van der Waals surface area contributed by atoms with Crippen LogP contribution < -0.4 is 16.7 Å². The number of hydrogen-bond acceptors (Lipinski definition) is 6. The molecule has 0 saturated carbocycles. The van der Waals surface area contributed by atoms with Gasteiger partial charge < -0.3 is 10.5 Å². The molecule has 2 aromatic heterocycles. The summed E-state index contributed by atoms with van der Waals surface area (Å²) >= 11 is 1.60. The first kappa shape index (κ1) is 15.5. The number of hydrogen-bond donors (Lipinski definition) is 3. The maximum atomic E-state index is 12.1. The summed E-state index contributed by atoms with van der Waals surface area (Å²) in [5.74, 6) is -0.306. The molecule has 0 saturated heterocycles. The van der Waals surface area contributed by atoms with Gasteiger partial charge in [0.1, 0.15) is 5.56 Å². The van der Waals surface area contributed by atoms with Crippen LogP contribution in [0.3, 0.4) is 0 Å². The molecule has 23 heavy (non-hydrogen) atoms. The third-order valence-corrected chi connectivity index (χ3v) is 4.82. The average molecular weight is 334 g/mol. The van der Waals surface area contributed by atoms with Crippen molar-refractivity contribution in [3.05, 3.63) is 48.8 Å². The van der Waals surface area contributed by atoms with Gasteiger partial charge in [-0.2, -0.15) is 5.10 Å². The van der Waals surface area contributed by atoms with Crippen LogP contribution in [0.1, 0.15) is 42.7 Å². The predicted octanol–water partition coefficient (Wildman–Crippen LogP) is 1.54. The molecule has 2 aromatic rings. The van der Waals surface area contributed by atoms with Gasteiger partial charge in [0.2, 0.25) is 5.88 Å². The van der Waals surface area contributed by atoms with Crippen molar-refractivity contribution in [2.75, 3.05) is 0 Å². The van der Waals surface area contributed by atoms with Crippen molar-refractivity contribution in [3.63, 3.8) is 0 Å². The van der Waals surface area contributed by atoms with Gasteiger partial charge >= 0.3 is 5.69 Å². The van der Waals surface area contributed by atoms with E-state index in [-0.39, 0.29) is 17.5 Å². The zero-order chi connectivity index (χ0) is 16.4. The van der Waals surface area contributed by atoms with Gasteiger partial charge in [-0.1, -0.05) is 19.4 Å². The van der Waals surface area contributed by atoms with Gasteiger partial charge in [-0.3, -0.25) is 14.3 Å². The minimum Gasteiger partial charge on any atom is -0.494 e. The molecule has 0 fully saturated rings. The minimum atomic E-state index is -0.604. The Kier molecular flexibility index (Phi) is 4.33. The van der Waals surface area contributed by atoms with E-state index in [1.807, 2.05) is 24.4 Å². The van der Waals surface area contributed by atoms with Crippen LogP contribution in [0.25, 0.3) is 0 Å². The van der Waals surface area contributed by atoms with Crippen LogP contribution >= 0.6 is 11.3 Å². The smallest absolute Gasteiger partial charge is 0.331 e. The first-order valence-corrected chi connectivity index (χ1v) is 8.41. The second-order valence-corrected chi connectivity index (χ2v) is 6.40. The average Bonchev–Trinajstić information content (AvgIpc) is 3.17. The van der Waals surface area contributed by atoms with E-state index in [4.69, 9.17) is 0 Å². The molecule has 0 unspecified atom stereocenters. The number of H-pyrrole nitrogens is 1. The van der Waals surface area contributed by atoms with E-state index >= 15 is 0 Å². The molecule has 0 radical (unpaired) electrons. The Morgan fingerprint density at radius 2 is 2.30 bits per heavy atom. The molecule has 0 aliphatic carbocycles. The van der Waals surface area contributed by atoms with Crippen LogP contribution in [0.5, 0.6) is 5.88 Å². The highest BCUT2D eigenvalue weighted by Gasteiger charge is 2.27. The second-order valence-electron chi connectivity index (χ2n) is 5.42. The Labute approximate surface area is 136 Å². The van der Waals surface area contributed by atoms with Crippen LogP contribution in [-0.4, -0.2) is 20.4 Å². The Morgan fingerprint density at radius 1 is 1.48 bits per heavy atom. The van der Waals surface area contributed by atoms with Gasteiger partial charge in [0.25, 0.3) is 5.56 Å². The quantitative estimate of drug-likeness (QED) is 0.772. The van der Waals surface area contributed by atoms with E-state index in [9.17, 15) is 14.7 Å². The number of unbranched alkanes of at least 4 members (excludes halogenated alkanes) is 1. The normalized spacial score (nSPS) is 17.1. The zero-order valence-electron chi connectivity index (χ0n) is 12.7. The fraction of sp³-hybridized carbons (Fsp3) is 0.400. The SMILES string of the molecule is CCCCn1c(O)c(C2=NN[C@H](c3cccs3)C2)c(=O)[nH]c1=O. The first-order chi connectivity index (χ1) is 11.1. The Hall–Kier alpha value is -2.35. The summed E-state index contributed by atoms with van der Waals surface area (Å²) in [5, 5.41) is 16.6. The van der Waals surface area contributed by atoms with Gasteiger partial charge in [-0.25, -0.2) is 4.79 Å². The minimum absolute atomic E-state index is 0.0141. The highest BCUT2D eigenvalue weighted by atomic mass is 32.1. The molecule has 122 valence electrons. The monoisotopic (exact) mass is 334 g/mol. The summed E-state index contributed by atoms with van der Waals surface area (Å²) < 4.78 is 1.20. The summed E-state index contributed by atoms with van der Waals surface area (Å²) in [6.07, 6.45) is 2.11. The molecule has 0 amide bonds. The topological polar surface area (TPSA) is 99.5 Å². The lowest BCUT2D eigenvalue weighted by atomic mass is 10.1. The van der Waals surface area contributed by atoms with E-state index in [0.717, 1.165) is 17.7 Å². The van der Waals surface area contributed by atoms with Gasteiger partial charge in [0.15, 0.2) is 0 Å². The molecule has 3 N–H and O–H groups in total. The fourth-order valence-corrected chi connectivity index (χ4v) is 3.37. The third-order valence-electron chi connectivity index (χ3n) is 3.84. The van der Waals surface area contributed by atoms with Crippen molar-refractivity contribution >= 4 is 17.0 Å². The standard InChI is InChI=1S/C15H18N4O3S/c1-2-3-6-19-14(21)12(13(20)16-15(19)22)10-8-9(17-18-10)11-5-4-7-23-11/h4-5,7,9,17,21H,2-3,6,8H2,1H3,(H,16,20,22)/t9-/m0/s1. The largest absolute Gasteiger partial charge is 0.494 e. The second kappa shape index (κ2) is 6.41. The van der Waals surface area contributed by atoms with Crippen LogP contribution in [0.15, 0.2) is 32.2 Å². The summed E-state index contributed by atoms with van der Waals surface area (Å²) in [5.41, 5.74) is 2.33. The number of hydrazone groups is 1. The zero-order valence-corrected chi connectivity index (χ0v) is 13.5. The number of aromatic hydroxyl groups is 1. The van der Waals surface area contributed by atoms with Crippen molar-refractivity contribution in [1.29, 1.82) is 0 Å². The third kappa shape index (κ3) is 2.94. The van der Waals surface area contributed by atoms with Crippen LogP contribution in [-0.2, 0) is 6.54 Å². The molecule has 1 atom stereocenters. The first-order valence-electron chi connectivity index (χ1n) is 7.53. The van der Waals surface area contributed by atoms with Gasteiger partial charge in [0, 0.05) is 17.8 Å². The summed E-state index contributed by atoms with van der Waals surface area (Å²) in [4.78, 5) is 27.4. The van der Waals surface area contributed by atoms with Gasteiger partial charge in [0.05, 0.1) is 11.8 Å². The lowest BCUT2D eigenvalue weighted by Gasteiger charge is -2.11. The maximum Gasteiger partial charge on any atom is 0.331 e. The molecule has 7 nitrogen and oxygen atoms in total. The Bertz CT molecular complexity index is 835. The molecule has 3 rings (SSSR count). The van der Waals surface area contributed by atoms with E-state index in [0.29, 0.717) is 18.7 Å². The highest BCUT2D eigenvalue weighted by Crippen LogP contribution is 2.28. The van der Waals surface area contributed by atoms with Crippen molar-refractivity contribution < 1.29 is 5.11 Å². The fourth-order valence-electron chi connectivity index (χ4n) is 2.60. The molecule has 8 heteroatoms. The number of aromatic amines is 1. The van der Waals surface area contributed by atoms with Crippen LogP contribution in [0, 0.1) is 0 Å². The lowest BCUT2D eigenvalue weighted by molar-refractivity contribution is 0.394. The lowest BCUT2D eigenvalue weighted by Crippen LogP contribution is -2.33. The molecular formula is C15H18N4O3S. The van der Waals surface area contributed by atoms with Crippen molar-refractivity contribution in [2.45, 2.75) is 38.8 Å². The molecule has 0 aromatic carbocycles. The summed E-state index contributed by atoms with van der Waals surface area (Å²) in [6.45, 7) is 2.35. The van der Waals surface area contributed by atoms with Gasteiger partial charge in [-0.05, 0) is 17.9 Å². The van der Waals surface area contributed by atoms with Gasteiger partial charge in [-0.15, -0.1) is 11.3 Å². The van der Waals surface area contributed by atoms with E-state index in [1.54, 1.807) is 11.3 Å². The van der Waals surface area contributed by atoms with E-state index in [1.165, 1.54) is 4.57 Å². The predicted molar refractivity (Wildman–Crippen MR) is 89.2 cm³/mol. The number of thiophene rings is 1. The maximum absolute atomic E-state index is 12.1. The van der Waals surface area contributed by atoms with E-state index in [2.05, 4.69) is 15.5 Å². The van der Waals surface area contributed by atoms with Crippen molar-refractivity contribution in [1.82, 2.24) is 15.0 Å². The molecule has 3 heterocycles.